The highest BCUT2D eigenvalue weighted by atomic mass is 79.9. The summed E-state index contributed by atoms with van der Waals surface area (Å²) >= 11 is 3.41. The first-order valence-corrected chi connectivity index (χ1v) is 6.28. The number of carbonyl (C=O) groups is 1. The number of fused-ring (bicyclic) bond motifs is 1. The van der Waals surface area contributed by atoms with Crippen LogP contribution in [0.4, 0.5) is 5.69 Å². The van der Waals surface area contributed by atoms with Crippen LogP contribution in [-0.4, -0.2) is 15.9 Å². The molecule has 0 bridgehead atoms. The van der Waals surface area contributed by atoms with Gasteiger partial charge in [-0.05, 0) is 40.2 Å². The monoisotopic (exact) mass is 317 g/mol. The van der Waals surface area contributed by atoms with Crippen LogP contribution in [-0.2, 0) is 0 Å². The van der Waals surface area contributed by atoms with Crippen molar-refractivity contribution in [3.63, 3.8) is 0 Å². The summed E-state index contributed by atoms with van der Waals surface area (Å²) in [5.74, 6) is -0.0458. The van der Waals surface area contributed by atoms with Crippen molar-refractivity contribution in [3.8, 4) is 0 Å². The first-order valence-electron chi connectivity index (χ1n) is 5.49. The van der Waals surface area contributed by atoms with Gasteiger partial charge >= 0.3 is 0 Å². The molecule has 0 saturated heterocycles. The molecule has 0 aliphatic heterocycles. The van der Waals surface area contributed by atoms with Crippen molar-refractivity contribution in [2.24, 2.45) is 0 Å². The van der Waals surface area contributed by atoms with Crippen LogP contribution in [0.2, 0.25) is 0 Å². The van der Waals surface area contributed by atoms with Gasteiger partial charge in [-0.15, -0.1) is 0 Å². The van der Waals surface area contributed by atoms with E-state index < -0.39 is 0 Å². The third-order valence-corrected chi connectivity index (χ3v) is 3.13. The lowest BCUT2D eigenvalue weighted by molar-refractivity contribution is 0.0996. The van der Waals surface area contributed by atoms with Gasteiger partial charge in [0.05, 0.1) is 11.8 Å². The summed E-state index contributed by atoms with van der Waals surface area (Å²) in [5.41, 5.74) is 2.08. The molecule has 3 aromatic rings. The molecule has 0 aliphatic rings. The first kappa shape index (κ1) is 11.9. The van der Waals surface area contributed by atoms with Gasteiger partial charge in [-0.25, -0.2) is 0 Å². The van der Waals surface area contributed by atoms with E-state index in [-0.39, 0.29) is 11.7 Å². The molecule has 2 heterocycles. The van der Waals surface area contributed by atoms with E-state index in [1.165, 1.54) is 6.26 Å². The van der Waals surface area contributed by atoms with Crippen LogP contribution in [0, 0.1) is 0 Å². The molecule has 3 rings (SSSR count). The highest BCUT2D eigenvalue weighted by Gasteiger charge is 2.10. The Morgan fingerprint density at radius 2 is 2.11 bits per heavy atom. The maximum atomic E-state index is 11.9. The van der Waals surface area contributed by atoms with Gasteiger partial charge in [0.15, 0.2) is 5.76 Å². The van der Waals surface area contributed by atoms with Crippen molar-refractivity contribution in [1.29, 1.82) is 0 Å². The summed E-state index contributed by atoms with van der Waals surface area (Å²) in [7, 11) is 0. The molecule has 0 fully saturated rings. The van der Waals surface area contributed by atoms with Gasteiger partial charge in [0, 0.05) is 22.6 Å². The standard InChI is InChI=1S/C13H8BrN3O2/c14-9-6-8(7-10-12(9)16-4-3-15-10)17-13(18)11-2-1-5-19-11/h1-7H,(H,17,18). The van der Waals surface area contributed by atoms with E-state index in [0.717, 1.165) is 9.99 Å². The summed E-state index contributed by atoms with van der Waals surface area (Å²) < 4.78 is 5.80. The minimum absolute atomic E-state index is 0.260. The van der Waals surface area contributed by atoms with Crippen LogP contribution in [0.15, 0.2) is 51.8 Å². The number of anilines is 1. The molecule has 2 aromatic heterocycles. The maximum Gasteiger partial charge on any atom is 0.291 e. The van der Waals surface area contributed by atoms with Crippen molar-refractivity contribution in [3.05, 3.63) is 53.2 Å². The number of halogens is 1. The summed E-state index contributed by atoms with van der Waals surface area (Å²) in [6.45, 7) is 0. The van der Waals surface area contributed by atoms with E-state index >= 15 is 0 Å². The Bertz CT molecular complexity index is 741. The van der Waals surface area contributed by atoms with Crippen LogP contribution in [0.5, 0.6) is 0 Å². The number of aromatic nitrogens is 2. The third kappa shape index (κ3) is 2.34. The SMILES string of the molecule is O=C(Nc1cc(Br)c2nccnc2c1)c1ccco1. The number of hydrogen-bond donors (Lipinski definition) is 1. The van der Waals surface area contributed by atoms with Crippen molar-refractivity contribution in [2.75, 3.05) is 5.32 Å². The largest absolute Gasteiger partial charge is 0.459 e. The fourth-order valence-corrected chi connectivity index (χ4v) is 2.26. The molecular weight excluding hydrogens is 310 g/mol. The van der Waals surface area contributed by atoms with Crippen molar-refractivity contribution >= 4 is 38.6 Å². The van der Waals surface area contributed by atoms with E-state index in [9.17, 15) is 4.79 Å². The lowest BCUT2D eigenvalue weighted by atomic mass is 10.2. The lowest BCUT2D eigenvalue weighted by Crippen LogP contribution is -2.10. The Hall–Kier alpha value is -2.21. The molecule has 0 radical (unpaired) electrons. The van der Waals surface area contributed by atoms with Crippen LogP contribution < -0.4 is 5.32 Å². The Labute approximate surface area is 116 Å². The molecule has 0 atom stereocenters. The number of nitrogens with zero attached hydrogens (tertiary/aromatic N) is 2. The number of hydrogen-bond acceptors (Lipinski definition) is 4. The predicted molar refractivity (Wildman–Crippen MR) is 73.9 cm³/mol. The Morgan fingerprint density at radius 3 is 2.89 bits per heavy atom. The Kier molecular flexibility index (Phi) is 3.00. The van der Waals surface area contributed by atoms with Gasteiger partial charge < -0.3 is 9.73 Å². The molecule has 0 aliphatic carbocycles. The van der Waals surface area contributed by atoms with E-state index in [2.05, 4.69) is 31.2 Å². The van der Waals surface area contributed by atoms with Crippen molar-refractivity contribution in [2.45, 2.75) is 0 Å². The molecule has 1 amide bonds. The molecule has 1 aromatic carbocycles. The smallest absolute Gasteiger partial charge is 0.291 e. The van der Waals surface area contributed by atoms with Gasteiger partial charge in [-0.3, -0.25) is 14.8 Å². The highest BCUT2D eigenvalue weighted by Crippen LogP contribution is 2.25. The zero-order valence-electron chi connectivity index (χ0n) is 9.63. The fourth-order valence-electron chi connectivity index (χ4n) is 1.70. The quantitative estimate of drug-likeness (QED) is 0.787. The summed E-state index contributed by atoms with van der Waals surface area (Å²) in [4.78, 5) is 20.3. The molecule has 6 heteroatoms. The van der Waals surface area contributed by atoms with E-state index in [1.54, 1.807) is 36.7 Å². The van der Waals surface area contributed by atoms with Gasteiger partial charge in [-0.2, -0.15) is 0 Å². The average Bonchev–Trinajstić information content (AvgIpc) is 2.93. The second-order valence-electron chi connectivity index (χ2n) is 3.81. The van der Waals surface area contributed by atoms with Crippen LogP contribution in [0.3, 0.4) is 0 Å². The molecule has 19 heavy (non-hydrogen) atoms. The van der Waals surface area contributed by atoms with Crippen LogP contribution in [0.1, 0.15) is 10.6 Å². The van der Waals surface area contributed by atoms with E-state index in [1.807, 2.05) is 0 Å². The summed E-state index contributed by atoms with van der Waals surface area (Å²) in [6.07, 6.45) is 4.68. The molecule has 0 unspecified atom stereocenters. The average molecular weight is 318 g/mol. The normalized spacial score (nSPS) is 10.6. The number of rotatable bonds is 2. The molecule has 1 N–H and O–H groups in total. The fraction of sp³-hybridized carbons (Fsp3) is 0. The maximum absolute atomic E-state index is 11.9. The number of benzene rings is 1. The van der Waals surface area contributed by atoms with Crippen molar-refractivity contribution < 1.29 is 9.21 Å². The summed E-state index contributed by atoms with van der Waals surface area (Å²) in [5, 5.41) is 2.75. The predicted octanol–water partition coefficient (Wildman–Crippen LogP) is 3.24. The first-order chi connectivity index (χ1) is 9.24. The number of nitrogens with one attached hydrogen (secondary N) is 1. The zero-order valence-corrected chi connectivity index (χ0v) is 11.2. The summed E-state index contributed by atoms with van der Waals surface area (Å²) in [6, 6.07) is 6.80. The molecule has 94 valence electrons. The lowest BCUT2D eigenvalue weighted by Gasteiger charge is -2.06. The minimum atomic E-state index is -0.305. The van der Waals surface area contributed by atoms with Crippen LogP contribution >= 0.6 is 15.9 Å². The van der Waals surface area contributed by atoms with Gasteiger partial charge in [0.1, 0.15) is 5.52 Å². The van der Waals surface area contributed by atoms with E-state index in [4.69, 9.17) is 4.42 Å². The molecule has 5 nitrogen and oxygen atoms in total. The number of amides is 1. The van der Waals surface area contributed by atoms with Crippen molar-refractivity contribution in [1.82, 2.24) is 9.97 Å². The van der Waals surface area contributed by atoms with E-state index in [0.29, 0.717) is 11.2 Å². The van der Waals surface area contributed by atoms with Gasteiger partial charge in [-0.1, -0.05) is 0 Å². The topological polar surface area (TPSA) is 68.0 Å². The molecule has 0 spiro atoms. The molecule has 0 saturated carbocycles. The highest BCUT2D eigenvalue weighted by molar-refractivity contribution is 9.10. The second kappa shape index (κ2) is 4.81. The number of carbonyl (C=O) groups excluding carboxylic acids is 1. The Morgan fingerprint density at radius 1 is 1.26 bits per heavy atom. The zero-order chi connectivity index (χ0) is 13.2. The van der Waals surface area contributed by atoms with Gasteiger partial charge in [0.25, 0.3) is 5.91 Å². The third-order valence-electron chi connectivity index (χ3n) is 2.53. The molecular formula is C13H8BrN3O2. The number of furan rings is 1. The minimum Gasteiger partial charge on any atom is -0.459 e. The second-order valence-corrected chi connectivity index (χ2v) is 4.67. The Balaban J connectivity index is 1.95. The van der Waals surface area contributed by atoms with Crippen LogP contribution in [0.25, 0.3) is 11.0 Å². The van der Waals surface area contributed by atoms with Gasteiger partial charge in [0.2, 0.25) is 0 Å².